The zero-order valence-corrected chi connectivity index (χ0v) is 10.2. The van der Waals surface area contributed by atoms with Crippen LogP contribution in [0.1, 0.15) is 0 Å². The lowest BCUT2D eigenvalue weighted by Gasteiger charge is -1.99. The van der Waals surface area contributed by atoms with Crippen molar-refractivity contribution >= 4 is 53.8 Å². The molecule has 0 amide bonds. The van der Waals surface area contributed by atoms with Crippen molar-refractivity contribution in [2.24, 2.45) is 0 Å². The Morgan fingerprint density at radius 3 is 2.18 bits per heavy atom. The lowest BCUT2D eigenvalue weighted by molar-refractivity contribution is 1.68. The van der Waals surface area contributed by atoms with Gasteiger partial charge in [0.05, 0.1) is 14.0 Å². The quantitative estimate of drug-likeness (QED) is 0.569. The van der Waals surface area contributed by atoms with E-state index in [-0.39, 0.29) is 4.46 Å². The molecule has 4 heteroatoms. The molecule has 1 aromatic rings. The van der Waals surface area contributed by atoms with Crippen molar-refractivity contribution in [3.05, 3.63) is 28.7 Å². The van der Waals surface area contributed by atoms with Gasteiger partial charge in [-0.05, 0) is 12.1 Å². The summed E-state index contributed by atoms with van der Waals surface area (Å²) in [5, 5.41) is 1.29. The van der Waals surface area contributed by atoms with Crippen LogP contribution >= 0.6 is 39.1 Å². The van der Waals surface area contributed by atoms with Crippen LogP contribution in [0.3, 0.4) is 0 Å². The molecule has 0 spiro atoms. The van der Waals surface area contributed by atoms with E-state index in [1.165, 1.54) is 5.19 Å². The minimum atomic E-state index is -0.483. The molecular formula is C7H7BrCl2Si. The van der Waals surface area contributed by atoms with E-state index in [9.17, 15) is 0 Å². The van der Waals surface area contributed by atoms with E-state index in [1.807, 2.05) is 12.1 Å². The van der Waals surface area contributed by atoms with Crippen molar-refractivity contribution in [3.63, 3.8) is 0 Å². The summed E-state index contributed by atoms with van der Waals surface area (Å²) in [6.45, 7) is 0. The smallest absolute Gasteiger partial charge is 0.0957 e. The maximum absolute atomic E-state index is 5.67. The van der Waals surface area contributed by atoms with Gasteiger partial charge >= 0.3 is 0 Å². The van der Waals surface area contributed by atoms with Crippen LogP contribution in [0.5, 0.6) is 0 Å². The Kier molecular flexibility index (Phi) is 3.92. The van der Waals surface area contributed by atoms with Gasteiger partial charge in [0.25, 0.3) is 0 Å². The van der Waals surface area contributed by atoms with Crippen molar-refractivity contribution in [2.75, 3.05) is 0 Å². The second-order valence-corrected chi connectivity index (χ2v) is 7.49. The molecule has 0 aromatic heterocycles. The molecule has 1 rings (SSSR count). The lowest BCUT2D eigenvalue weighted by Crippen LogP contribution is -2.19. The molecule has 60 valence electrons. The number of benzene rings is 1. The van der Waals surface area contributed by atoms with E-state index in [0.29, 0.717) is 0 Å². The molecule has 0 unspecified atom stereocenters. The number of rotatable bonds is 2. The standard InChI is InChI=1S/C7H7BrCl2Si/c8-5-1-3-6(4-2-5)11-7(9)10/h1-4,7H,11H2. The highest BCUT2D eigenvalue weighted by Gasteiger charge is 2.01. The molecule has 0 saturated heterocycles. The van der Waals surface area contributed by atoms with Crippen molar-refractivity contribution in [2.45, 2.75) is 4.46 Å². The van der Waals surface area contributed by atoms with Gasteiger partial charge in [-0.2, -0.15) is 0 Å². The number of hydrogen-bond acceptors (Lipinski definition) is 0. The van der Waals surface area contributed by atoms with Crippen LogP contribution in [-0.4, -0.2) is 14.0 Å². The van der Waals surface area contributed by atoms with Crippen LogP contribution in [-0.2, 0) is 0 Å². The Balaban J connectivity index is 2.66. The monoisotopic (exact) mass is 268 g/mol. The summed E-state index contributed by atoms with van der Waals surface area (Å²) in [6, 6.07) is 8.15. The normalized spacial score (nSPS) is 11.6. The number of halogens is 3. The van der Waals surface area contributed by atoms with E-state index < -0.39 is 9.52 Å². The van der Waals surface area contributed by atoms with Crippen LogP contribution in [0.2, 0.25) is 0 Å². The molecule has 0 fully saturated rings. The summed E-state index contributed by atoms with van der Waals surface area (Å²) in [7, 11) is -0.483. The molecule has 0 atom stereocenters. The summed E-state index contributed by atoms with van der Waals surface area (Å²) >= 11 is 14.7. The van der Waals surface area contributed by atoms with E-state index >= 15 is 0 Å². The summed E-state index contributed by atoms with van der Waals surface area (Å²) < 4.78 is 0.923. The molecule has 0 radical (unpaired) electrons. The van der Waals surface area contributed by atoms with Crippen LogP contribution in [0.15, 0.2) is 28.7 Å². The molecule has 0 bridgehead atoms. The molecule has 11 heavy (non-hydrogen) atoms. The van der Waals surface area contributed by atoms with Gasteiger partial charge in [0.15, 0.2) is 0 Å². The van der Waals surface area contributed by atoms with Crippen LogP contribution in [0.4, 0.5) is 0 Å². The Bertz CT molecular complexity index is 222. The van der Waals surface area contributed by atoms with Crippen LogP contribution < -0.4 is 5.19 Å². The van der Waals surface area contributed by atoms with Crippen LogP contribution in [0.25, 0.3) is 0 Å². The second-order valence-electron chi connectivity index (χ2n) is 2.22. The predicted octanol–water partition coefficient (Wildman–Crippen LogP) is 2.00. The molecule has 0 aliphatic carbocycles. The average molecular weight is 270 g/mol. The second kappa shape index (κ2) is 4.50. The first-order valence-electron chi connectivity index (χ1n) is 3.21. The maximum Gasteiger partial charge on any atom is 0.0957 e. The molecule has 0 heterocycles. The molecule has 0 N–H and O–H groups in total. The van der Waals surface area contributed by atoms with E-state index in [0.717, 1.165) is 4.47 Å². The van der Waals surface area contributed by atoms with Crippen molar-refractivity contribution in [1.82, 2.24) is 0 Å². The van der Waals surface area contributed by atoms with Gasteiger partial charge in [-0.15, -0.1) is 23.2 Å². The van der Waals surface area contributed by atoms with E-state index in [1.54, 1.807) is 0 Å². The summed E-state index contributed by atoms with van der Waals surface area (Å²) in [6.07, 6.45) is 0. The van der Waals surface area contributed by atoms with Gasteiger partial charge in [0, 0.05) is 4.47 Å². The van der Waals surface area contributed by atoms with Crippen LogP contribution in [0, 0.1) is 0 Å². The lowest BCUT2D eigenvalue weighted by atomic mass is 10.4. The molecule has 0 saturated carbocycles. The minimum absolute atomic E-state index is 0.170. The fourth-order valence-corrected chi connectivity index (χ4v) is 3.00. The van der Waals surface area contributed by atoms with E-state index in [2.05, 4.69) is 28.1 Å². The Labute approximate surface area is 86.8 Å². The Morgan fingerprint density at radius 2 is 1.73 bits per heavy atom. The van der Waals surface area contributed by atoms with Gasteiger partial charge in [0.2, 0.25) is 0 Å². The first-order chi connectivity index (χ1) is 5.18. The van der Waals surface area contributed by atoms with E-state index in [4.69, 9.17) is 23.2 Å². The molecular weight excluding hydrogens is 263 g/mol. The molecule has 0 aliphatic heterocycles. The first kappa shape index (κ1) is 9.58. The van der Waals surface area contributed by atoms with Gasteiger partial charge in [-0.3, -0.25) is 0 Å². The third-order valence-corrected chi connectivity index (χ3v) is 4.01. The molecule has 0 nitrogen and oxygen atoms in total. The third kappa shape index (κ3) is 3.61. The largest absolute Gasteiger partial charge is 0.110 e. The summed E-state index contributed by atoms with van der Waals surface area (Å²) in [4.78, 5) is 0. The summed E-state index contributed by atoms with van der Waals surface area (Å²) in [5.74, 6) is 0. The minimum Gasteiger partial charge on any atom is -0.110 e. The number of hydrogen-bond donors (Lipinski definition) is 0. The van der Waals surface area contributed by atoms with Gasteiger partial charge in [0.1, 0.15) is 0 Å². The first-order valence-corrected chi connectivity index (χ1v) is 6.40. The topological polar surface area (TPSA) is 0 Å². The Hall–Kier alpha value is 0.497. The highest BCUT2D eigenvalue weighted by Crippen LogP contribution is 2.06. The Morgan fingerprint density at radius 1 is 1.18 bits per heavy atom. The zero-order chi connectivity index (χ0) is 8.27. The van der Waals surface area contributed by atoms with Gasteiger partial charge in [-0.25, -0.2) is 0 Å². The molecule has 0 aliphatic rings. The fourth-order valence-electron chi connectivity index (χ4n) is 0.799. The summed E-state index contributed by atoms with van der Waals surface area (Å²) in [5.41, 5.74) is 0. The fraction of sp³-hybridized carbons (Fsp3) is 0.143. The maximum atomic E-state index is 5.67. The van der Waals surface area contributed by atoms with Crippen molar-refractivity contribution in [3.8, 4) is 0 Å². The predicted molar refractivity (Wildman–Crippen MR) is 57.8 cm³/mol. The third-order valence-electron chi connectivity index (χ3n) is 1.30. The highest BCUT2D eigenvalue weighted by atomic mass is 79.9. The van der Waals surface area contributed by atoms with Gasteiger partial charge in [-0.1, -0.05) is 33.2 Å². The molecule has 1 aromatic carbocycles. The number of alkyl halides is 2. The SMILES string of the molecule is ClC(Cl)[SiH2]c1ccc(Br)cc1. The van der Waals surface area contributed by atoms with Gasteiger partial charge < -0.3 is 0 Å². The van der Waals surface area contributed by atoms with Crippen molar-refractivity contribution < 1.29 is 0 Å². The average Bonchev–Trinajstić information content (AvgIpc) is 1.93. The highest BCUT2D eigenvalue weighted by molar-refractivity contribution is 9.10. The van der Waals surface area contributed by atoms with Crippen molar-refractivity contribution in [1.29, 1.82) is 0 Å². The zero-order valence-electron chi connectivity index (χ0n) is 5.73.